The summed E-state index contributed by atoms with van der Waals surface area (Å²) in [6.07, 6.45) is 3.67. The van der Waals surface area contributed by atoms with Gasteiger partial charge in [0.15, 0.2) is 0 Å². The van der Waals surface area contributed by atoms with Gasteiger partial charge < -0.3 is 9.80 Å². The average molecular weight is 327 g/mol. The van der Waals surface area contributed by atoms with E-state index in [1.807, 2.05) is 11.0 Å². The first-order valence-electron chi connectivity index (χ1n) is 8.11. The van der Waals surface area contributed by atoms with Gasteiger partial charge in [0.25, 0.3) is 0 Å². The highest BCUT2D eigenvalue weighted by Gasteiger charge is 2.22. The van der Waals surface area contributed by atoms with E-state index in [0.29, 0.717) is 0 Å². The molecule has 0 atom stereocenters. The first kappa shape index (κ1) is 16.0. The number of amides is 1. The number of quaternary nitrogens is 1. The lowest BCUT2D eigenvalue weighted by Crippen LogP contribution is -3.13. The van der Waals surface area contributed by atoms with Crippen molar-refractivity contribution in [3.05, 3.63) is 63.9 Å². The van der Waals surface area contributed by atoms with Crippen molar-refractivity contribution in [3.8, 4) is 0 Å². The summed E-state index contributed by atoms with van der Waals surface area (Å²) in [4.78, 5) is 17.0. The predicted molar refractivity (Wildman–Crippen MR) is 95.5 cm³/mol. The van der Waals surface area contributed by atoms with E-state index in [1.165, 1.54) is 16.0 Å². The summed E-state index contributed by atoms with van der Waals surface area (Å²) in [6.45, 7) is 6.85. The summed E-state index contributed by atoms with van der Waals surface area (Å²) in [6, 6.07) is 12.7. The van der Waals surface area contributed by atoms with E-state index >= 15 is 0 Å². The van der Waals surface area contributed by atoms with E-state index < -0.39 is 0 Å². The maximum atomic E-state index is 12.3. The van der Waals surface area contributed by atoms with Crippen LogP contribution >= 0.6 is 11.3 Å². The Morgan fingerprint density at radius 3 is 2.61 bits per heavy atom. The van der Waals surface area contributed by atoms with Crippen LogP contribution in [0.1, 0.15) is 16.0 Å². The molecule has 0 aliphatic carbocycles. The third-order valence-corrected chi connectivity index (χ3v) is 5.34. The largest absolute Gasteiger partial charge is 0.328 e. The number of nitrogens with zero attached hydrogens (tertiary/aromatic N) is 1. The first-order chi connectivity index (χ1) is 11.2. The first-order valence-corrected chi connectivity index (χ1v) is 8.99. The lowest BCUT2D eigenvalue weighted by molar-refractivity contribution is -0.917. The number of carbonyl (C=O) groups is 1. The summed E-state index contributed by atoms with van der Waals surface area (Å²) >= 11 is 1.68. The van der Waals surface area contributed by atoms with Crippen molar-refractivity contribution in [1.82, 2.24) is 4.90 Å². The van der Waals surface area contributed by atoms with Crippen LogP contribution in [0.5, 0.6) is 0 Å². The minimum Gasteiger partial charge on any atom is -0.328 e. The van der Waals surface area contributed by atoms with Crippen molar-refractivity contribution >= 4 is 23.3 Å². The van der Waals surface area contributed by atoms with Gasteiger partial charge in [-0.2, -0.15) is 0 Å². The van der Waals surface area contributed by atoms with Gasteiger partial charge in [-0.05, 0) is 30.0 Å². The highest BCUT2D eigenvalue weighted by Crippen LogP contribution is 2.17. The van der Waals surface area contributed by atoms with Crippen LogP contribution in [0.3, 0.4) is 0 Å². The minimum absolute atomic E-state index is 0.136. The summed E-state index contributed by atoms with van der Waals surface area (Å²) in [5.41, 5.74) is 2.60. The molecule has 1 amide bonds. The molecule has 0 spiro atoms. The lowest BCUT2D eigenvalue weighted by atomic mass is 10.2. The highest BCUT2D eigenvalue weighted by atomic mass is 32.1. The number of rotatable bonds is 4. The monoisotopic (exact) mass is 327 g/mol. The smallest absolute Gasteiger partial charge is 0.247 e. The molecule has 1 fully saturated rings. The fraction of sp³-hybridized carbons (Fsp3) is 0.316. The molecule has 3 nitrogen and oxygen atoms in total. The number of aryl methyl sites for hydroxylation is 1. The van der Waals surface area contributed by atoms with Crippen LogP contribution in [-0.4, -0.2) is 37.0 Å². The van der Waals surface area contributed by atoms with Crippen LogP contribution in [0.25, 0.3) is 6.08 Å². The van der Waals surface area contributed by atoms with Crippen molar-refractivity contribution in [2.24, 2.45) is 0 Å². The maximum absolute atomic E-state index is 12.3. The summed E-state index contributed by atoms with van der Waals surface area (Å²) < 4.78 is 0. The Balaban J connectivity index is 1.49. The molecule has 1 N–H and O–H groups in total. The molecule has 2 heterocycles. The minimum atomic E-state index is 0.136. The molecule has 1 saturated heterocycles. The molecule has 1 aromatic heterocycles. The molecule has 2 aromatic rings. The molecule has 0 bridgehead atoms. The molecule has 120 valence electrons. The lowest BCUT2D eigenvalue weighted by Gasteiger charge is -2.31. The Morgan fingerprint density at radius 2 is 1.96 bits per heavy atom. The van der Waals surface area contributed by atoms with Gasteiger partial charge in [0.1, 0.15) is 6.54 Å². The van der Waals surface area contributed by atoms with E-state index in [0.717, 1.165) is 32.7 Å². The molecule has 0 saturated carbocycles. The van der Waals surface area contributed by atoms with Gasteiger partial charge in [0.05, 0.1) is 26.2 Å². The standard InChI is InChI=1S/C19H22N2OS/c1-16-9-14-23-18(16)7-8-19(22)21-12-10-20(11-13-21)15-17-5-3-2-4-6-17/h2-9,14H,10-13,15H2,1H3/p+1/b8-7+. The molecular formula is C19H23N2OS+. The van der Waals surface area contributed by atoms with E-state index in [1.54, 1.807) is 22.3 Å². The van der Waals surface area contributed by atoms with E-state index in [-0.39, 0.29) is 5.91 Å². The number of thiophene rings is 1. The molecule has 3 rings (SSSR count). The summed E-state index contributed by atoms with van der Waals surface area (Å²) in [5.74, 6) is 0.136. The van der Waals surface area contributed by atoms with Crippen LogP contribution in [0, 0.1) is 6.92 Å². The Labute approximate surface area is 141 Å². The highest BCUT2D eigenvalue weighted by molar-refractivity contribution is 7.11. The average Bonchev–Trinajstić information content (AvgIpc) is 2.99. The molecule has 4 heteroatoms. The molecule has 0 unspecified atom stereocenters. The Morgan fingerprint density at radius 1 is 1.22 bits per heavy atom. The van der Waals surface area contributed by atoms with E-state index in [4.69, 9.17) is 0 Å². The van der Waals surface area contributed by atoms with Gasteiger partial charge >= 0.3 is 0 Å². The Hall–Kier alpha value is -1.91. The van der Waals surface area contributed by atoms with E-state index in [2.05, 4.69) is 48.7 Å². The number of nitrogens with one attached hydrogen (secondary N) is 1. The van der Waals surface area contributed by atoms with Gasteiger partial charge in [-0.3, -0.25) is 4.79 Å². The van der Waals surface area contributed by atoms with Crippen molar-refractivity contribution in [2.75, 3.05) is 26.2 Å². The Bertz CT molecular complexity index is 670. The van der Waals surface area contributed by atoms with Crippen molar-refractivity contribution in [3.63, 3.8) is 0 Å². The molecule has 23 heavy (non-hydrogen) atoms. The molecule has 0 radical (unpaired) electrons. The van der Waals surface area contributed by atoms with Crippen LogP contribution in [-0.2, 0) is 11.3 Å². The van der Waals surface area contributed by atoms with Gasteiger partial charge in [-0.25, -0.2) is 0 Å². The molecule has 1 aromatic carbocycles. The number of carbonyl (C=O) groups excluding carboxylic acids is 1. The second-order valence-corrected chi connectivity index (χ2v) is 6.99. The van der Waals surface area contributed by atoms with Gasteiger partial charge in [0, 0.05) is 16.5 Å². The zero-order chi connectivity index (χ0) is 16.1. The molecular weight excluding hydrogens is 304 g/mol. The third-order valence-electron chi connectivity index (χ3n) is 4.36. The van der Waals surface area contributed by atoms with Crippen molar-refractivity contribution in [1.29, 1.82) is 0 Å². The number of benzene rings is 1. The Kier molecular flexibility index (Phi) is 5.26. The number of hydrogen-bond acceptors (Lipinski definition) is 2. The summed E-state index contributed by atoms with van der Waals surface area (Å²) in [5, 5.41) is 2.06. The predicted octanol–water partition coefficient (Wildman–Crippen LogP) is 2.00. The number of hydrogen-bond donors (Lipinski definition) is 1. The fourth-order valence-electron chi connectivity index (χ4n) is 2.91. The van der Waals surface area contributed by atoms with Gasteiger partial charge in [-0.1, -0.05) is 30.3 Å². The number of piperazine rings is 1. The second-order valence-electron chi connectivity index (χ2n) is 6.04. The zero-order valence-corrected chi connectivity index (χ0v) is 14.3. The van der Waals surface area contributed by atoms with E-state index in [9.17, 15) is 4.79 Å². The van der Waals surface area contributed by atoms with Crippen LogP contribution in [0.15, 0.2) is 47.9 Å². The summed E-state index contributed by atoms with van der Waals surface area (Å²) in [7, 11) is 0. The molecule has 1 aliphatic heterocycles. The quantitative estimate of drug-likeness (QED) is 0.854. The second kappa shape index (κ2) is 7.57. The van der Waals surface area contributed by atoms with Gasteiger partial charge in [-0.15, -0.1) is 11.3 Å². The maximum Gasteiger partial charge on any atom is 0.247 e. The normalized spacial score (nSPS) is 16.1. The molecule has 1 aliphatic rings. The SMILES string of the molecule is Cc1ccsc1/C=C/C(=O)N1CC[NH+](Cc2ccccc2)CC1. The van der Waals surface area contributed by atoms with Gasteiger partial charge in [0.2, 0.25) is 5.91 Å². The van der Waals surface area contributed by atoms with Crippen LogP contribution < -0.4 is 4.90 Å². The van der Waals surface area contributed by atoms with Crippen molar-refractivity contribution < 1.29 is 9.69 Å². The van der Waals surface area contributed by atoms with Crippen molar-refractivity contribution in [2.45, 2.75) is 13.5 Å². The zero-order valence-electron chi connectivity index (χ0n) is 13.5. The van der Waals surface area contributed by atoms with Crippen LogP contribution in [0.4, 0.5) is 0 Å². The third kappa shape index (κ3) is 4.30. The van der Waals surface area contributed by atoms with Crippen LogP contribution in [0.2, 0.25) is 0 Å². The topological polar surface area (TPSA) is 24.8 Å². The fourth-order valence-corrected chi connectivity index (χ4v) is 3.73.